The summed E-state index contributed by atoms with van der Waals surface area (Å²) in [6, 6.07) is 0. The first-order valence-electron chi connectivity index (χ1n) is 3.33. The number of rotatable bonds is 1. The standard InChI is InChI=1S/C5H7Cl4NO2S/c1-13(11,12)4(6)2-3-10(9)5(4,7)8/h2-3H2,1H3. The van der Waals surface area contributed by atoms with Crippen LogP contribution in [-0.2, 0) is 9.84 Å². The fourth-order valence-electron chi connectivity index (χ4n) is 1.12. The summed E-state index contributed by atoms with van der Waals surface area (Å²) in [5.41, 5.74) is 0. The Hall–Kier alpha value is 1.07. The van der Waals surface area contributed by atoms with E-state index < -0.39 is 18.5 Å². The molecule has 0 aromatic carbocycles. The SMILES string of the molecule is CS(=O)(=O)C1(Cl)CCN(Cl)C1(Cl)Cl. The molecule has 1 fully saturated rings. The summed E-state index contributed by atoms with van der Waals surface area (Å²) < 4.78 is 20.1. The summed E-state index contributed by atoms with van der Waals surface area (Å²) in [6.07, 6.45) is 1.08. The molecule has 1 aliphatic rings. The molecule has 1 saturated heterocycles. The van der Waals surface area contributed by atoms with E-state index in [-0.39, 0.29) is 13.0 Å². The summed E-state index contributed by atoms with van der Waals surface area (Å²) in [6.45, 7) is 0.227. The van der Waals surface area contributed by atoms with Gasteiger partial charge >= 0.3 is 0 Å². The zero-order valence-corrected chi connectivity index (χ0v) is 10.4. The molecule has 13 heavy (non-hydrogen) atoms. The second-order valence-electron chi connectivity index (χ2n) is 2.88. The van der Waals surface area contributed by atoms with Gasteiger partial charge in [-0.3, -0.25) is 0 Å². The lowest BCUT2D eigenvalue weighted by Gasteiger charge is -2.31. The van der Waals surface area contributed by atoms with Gasteiger partial charge in [0.25, 0.3) is 0 Å². The Morgan fingerprint density at radius 1 is 1.31 bits per heavy atom. The van der Waals surface area contributed by atoms with Crippen molar-refractivity contribution in [2.75, 3.05) is 12.8 Å². The van der Waals surface area contributed by atoms with Gasteiger partial charge in [-0.2, -0.15) is 4.42 Å². The molecule has 0 aromatic heterocycles. The van der Waals surface area contributed by atoms with Gasteiger partial charge in [0.1, 0.15) is 0 Å². The number of hydrogen-bond donors (Lipinski definition) is 0. The van der Waals surface area contributed by atoms with Crippen LogP contribution in [0.4, 0.5) is 0 Å². The van der Waals surface area contributed by atoms with Gasteiger partial charge in [-0.05, 0) is 18.2 Å². The van der Waals surface area contributed by atoms with Crippen molar-refractivity contribution < 1.29 is 8.42 Å². The first-order valence-corrected chi connectivity index (χ1v) is 6.69. The monoisotopic (exact) mass is 285 g/mol. The molecule has 0 amide bonds. The van der Waals surface area contributed by atoms with E-state index in [2.05, 4.69) is 0 Å². The Balaban J connectivity index is 3.22. The van der Waals surface area contributed by atoms with Crippen LogP contribution in [0.5, 0.6) is 0 Å². The highest BCUT2D eigenvalue weighted by atomic mass is 35.5. The Morgan fingerprint density at radius 2 is 1.77 bits per heavy atom. The molecule has 1 rings (SSSR count). The van der Waals surface area contributed by atoms with Gasteiger partial charge in [0.15, 0.2) is 14.0 Å². The van der Waals surface area contributed by atoms with Gasteiger partial charge in [-0.25, -0.2) is 8.42 Å². The van der Waals surface area contributed by atoms with Crippen molar-refractivity contribution >= 4 is 56.4 Å². The smallest absolute Gasteiger partial charge is 0.217 e. The van der Waals surface area contributed by atoms with E-state index in [1.54, 1.807) is 0 Å². The van der Waals surface area contributed by atoms with Crippen LogP contribution in [0.15, 0.2) is 0 Å². The number of halogens is 4. The number of sulfone groups is 1. The van der Waals surface area contributed by atoms with Crippen LogP contribution in [0.25, 0.3) is 0 Å². The minimum atomic E-state index is -3.57. The second kappa shape index (κ2) is 3.29. The zero-order chi connectivity index (χ0) is 10.5. The highest BCUT2D eigenvalue weighted by molar-refractivity contribution is 7.93. The van der Waals surface area contributed by atoms with Crippen molar-refractivity contribution in [3.05, 3.63) is 0 Å². The van der Waals surface area contributed by atoms with E-state index in [0.717, 1.165) is 10.7 Å². The van der Waals surface area contributed by atoms with Gasteiger partial charge < -0.3 is 0 Å². The molecule has 8 heteroatoms. The fourth-order valence-corrected chi connectivity index (χ4v) is 3.85. The predicted molar refractivity (Wildman–Crippen MR) is 55.0 cm³/mol. The molecule has 1 aliphatic heterocycles. The van der Waals surface area contributed by atoms with Crippen molar-refractivity contribution in [1.82, 2.24) is 4.42 Å². The van der Waals surface area contributed by atoms with Gasteiger partial charge in [0.05, 0.1) is 0 Å². The highest BCUT2D eigenvalue weighted by Gasteiger charge is 2.63. The molecular formula is C5H7Cl4NO2S. The Bertz CT molecular complexity index is 316. The zero-order valence-electron chi connectivity index (χ0n) is 6.60. The lowest BCUT2D eigenvalue weighted by Crippen LogP contribution is -2.47. The second-order valence-corrected chi connectivity index (χ2v) is 7.68. The van der Waals surface area contributed by atoms with Crippen molar-refractivity contribution in [3.63, 3.8) is 0 Å². The minimum Gasteiger partial charge on any atom is -0.227 e. The maximum absolute atomic E-state index is 11.3. The predicted octanol–water partition coefficient (Wildman–Crippen LogP) is 1.96. The van der Waals surface area contributed by atoms with E-state index in [1.807, 2.05) is 0 Å². The van der Waals surface area contributed by atoms with E-state index >= 15 is 0 Å². The third-order valence-electron chi connectivity index (χ3n) is 1.97. The first-order chi connectivity index (χ1) is 5.63. The Morgan fingerprint density at radius 3 is 1.92 bits per heavy atom. The third-order valence-corrected chi connectivity index (χ3v) is 7.02. The average molecular weight is 287 g/mol. The van der Waals surface area contributed by atoms with Crippen LogP contribution in [0.3, 0.4) is 0 Å². The minimum absolute atomic E-state index is 0.101. The lowest BCUT2D eigenvalue weighted by atomic mass is 10.3. The largest absolute Gasteiger partial charge is 0.227 e. The van der Waals surface area contributed by atoms with Crippen LogP contribution in [-0.4, -0.2) is 34.3 Å². The molecule has 1 heterocycles. The fraction of sp³-hybridized carbons (Fsp3) is 1.00. The number of hydrogen-bond acceptors (Lipinski definition) is 3. The van der Waals surface area contributed by atoms with Crippen LogP contribution in [0.2, 0.25) is 0 Å². The van der Waals surface area contributed by atoms with E-state index in [0.29, 0.717) is 0 Å². The van der Waals surface area contributed by atoms with Crippen molar-refractivity contribution in [2.45, 2.75) is 15.1 Å². The quantitative estimate of drug-likeness (QED) is 0.420. The molecule has 0 radical (unpaired) electrons. The number of alkyl halides is 3. The molecule has 0 spiro atoms. The summed E-state index contributed by atoms with van der Waals surface area (Å²) in [5, 5.41) is 0. The van der Waals surface area contributed by atoms with Crippen molar-refractivity contribution in [1.29, 1.82) is 0 Å². The van der Waals surface area contributed by atoms with Gasteiger partial charge in [0, 0.05) is 12.8 Å². The topological polar surface area (TPSA) is 37.4 Å². The molecule has 0 N–H and O–H groups in total. The van der Waals surface area contributed by atoms with Crippen LogP contribution >= 0.6 is 46.6 Å². The van der Waals surface area contributed by atoms with Gasteiger partial charge in [0.2, 0.25) is 4.46 Å². The molecule has 1 unspecified atom stereocenters. The molecular weight excluding hydrogens is 280 g/mol. The van der Waals surface area contributed by atoms with Crippen LogP contribution in [0.1, 0.15) is 6.42 Å². The van der Waals surface area contributed by atoms with Crippen LogP contribution < -0.4 is 0 Å². The molecule has 1 atom stereocenters. The molecule has 0 saturated carbocycles. The molecule has 78 valence electrons. The van der Waals surface area contributed by atoms with Crippen molar-refractivity contribution in [2.24, 2.45) is 0 Å². The molecule has 0 aliphatic carbocycles. The maximum atomic E-state index is 11.3. The summed E-state index contributed by atoms with van der Waals surface area (Å²) in [4.78, 5) is 0. The molecule has 0 aromatic rings. The molecule has 0 bridgehead atoms. The van der Waals surface area contributed by atoms with Gasteiger partial charge in [-0.15, -0.1) is 0 Å². The summed E-state index contributed by atoms with van der Waals surface area (Å²) >= 11 is 23.0. The lowest BCUT2D eigenvalue weighted by molar-refractivity contribution is 0.466. The summed E-state index contributed by atoms with van der Waals surface area (Å²) in [7, 11) is -3.57. The third kappa shape index (κ3) is 1.66. The highest BCUT2D eigenvalue weighted by Crippen LogP contribution is 2.53. The van der Waals surface area contributed by atoms with Crippen molar-refractivity contribution in [3.8, 4) is 0 Å². The summed E-state index contributed by atoms with van der Waals surface area (Å²) in [5.74, 6) is 0. The number of nitrogens with zero attached hydrogens (tertiary/aromatic N) is 1. The normalized spacial score (nSPS) is 35.2. The van der Waals surface area contributed by atoms with Gasteiger partial charge in [-0.1, -0.05) is 34.8 Å². The Labute approximate surface area is 96.9 Å². The van der Waals surface area contributed by atoms with E-state index in [4.69, 9.17) is 46.6 Å². The van der Waals surface area contributed by atoms with E-state index in [9.17, 15) is 8.42 Å². The molecule has 3 nitrogen and oxygen atoms in total. The first kappa shape index (κ1) is 12.1. The maximum Gasteiger partial charge on any atom is 0.217 e. The average Bonchev–Trinajstić information content (AvgIpc) is 2.13. The Kier molecular flexibility index (Phi) is 3.07. The van der Waals surface area contributed by atoms with E-state index in [1.165, 1.54) is 0 Å². The van der Waals surface area contributed by atoms with Crippen LogP contribution in [0, 0.1) is 0 Å².